The van der Waals surface area contributed by atoms with Gasteiger partial charge in [0.05, 0.1) is 16.9 Å². The fourth-order valence-corrected chi connectivity index (χ4v) is 4.33. The molecule has 1 atom stereocenters. The van der Waals surface area contributed by atoms with Crippen LogP contribution in [0.3, 0.4) is 0 Å². The third-order valence-corrected chi connectivity index (χ3v) is 6.09. The zero-order valence-electron chi connectivity index (χ0n) is 14.9. The molecule has 0 unspecified atom stereocenters. The highest BCUT2D eigenvalue weighted by molar-refractivity contribution is 7.99. The van der Waals surface area contributed by atoms with Crippen LogP contribution in [0.5, 0.6) is 0 Å². The number of carbonyl (C=O) groups excluding carboxylic acids is 1. The first-order chi connectivity index (χ1) is 11.3. The maximum atomic E-state index is 12.5. The Balaban J connectivity index is 2.22. The fraction of sp³-hybridized carbons (Fsp3) is 0.588. The van der Waals surface area contributed by atoms with E-state index >= 15 is 0 Å². The van der Waals surface area contributed by atoms with Crippen molar-refractivity contribution in [2.24, 2.45) is 5.92 Å². The molecule has 2 rings (SSSR count). The Hall–Kier alpha value is -1.34. The smallest absolute Gasteiger partial charge is 0.259 e. The number of nitrogens with zero attached hydrogens (tertiary/aromatic N) is 2. The molecule has 0 saturated carbocycles. The van der Waals surface area contributed by atoms with E-state index < -0.39 is 0 Å². The quantitative estimate of drug-likeness (QED) is 0.816. The molecule has 0 aliphatic heterocycles. The second kappa shape index (κ2) is 8.16. The van der Waals surface area contributed by atoms with E-state index in [1.807, 2.05) is 0 Å². The number of hydrogen-bond donors (Lipinski definition) is 1. The topological polar surface area (TPSA) is 66.1 Å². The maximum absolute atomic E-state index is 12.5. The third kappa shape index (κ3) is 4.39. The molecule has 0 aliphatic rings. The SMILES string of the molecule is CC[C@@H](C)Cc1c(C)sc2nc(CSCC(=O)N(C)C)[nH]c(=O)c12. The molecule has 7 heteroatoms. The summed E-state index contributed by atoms with van der Waals surface area (Å²) < 4.78 is 0. The highest BCUT2D eigenvalue weighted by Gasteiger charge is 2.17. The highest BCUT2D eigenvalue weighted by Crippen LogP contribution is 2.29. The van der Waals surface area contributed by atoms with Gasteiger partial charge in [0.25, 0.3) is 5.56 Å². The number of hydrogen-bond acceptors (Lipinski definition) is 5. The normalized spacial score (nSPS) is 12.5. The molecule has 2 heterocycles. The molecular weight excluding hydrogens is 342 g/mol. The summed E-state index contributed by atoms with van der Waals surface area (Å²) in [6, 6.07) is 0. The number of aromatic amines is 1. The fourth-order valence-electron chi connectivity index (χ4n) is 2.39. The van der Waals surface area contributed by atoms with E-state index in [-0.39, 0.29) is 11.5 Å². The van der Waals surface area contributed by atoms with Crippen LogP contribution in [0, 0.1) is 12.8 Å². The van der Waals surface area contributed by atoms with E-state index in [0.29, 0.717) is 23.2 Å². The summed E-state index contributed by atoms with van der Waals surface area (Å²) in [5.74, 6) is 2.17. The number of aryl methyl sites for hydroxylation is 1. The van der Waals surface area contributed by atoms with Crippen molar-refractivity contribution in [3.05, 3.63) is 26.6 Å². The summed E-state index contributed by atoms with van der Waals surface area (Å²) >= 11 is 3.05. The van der Waals surface area contributed by atoms with Crippen molar-refractivity contribution >= 4 is 39.2 Å². The summed E-state index contributed by atoms with van der Waals surface area (Å²) in [4.78, 5) is 35.2. The molecule has 2 aromatic rings. The van der Waals surface area contributed by atoms with Gasteiger partial charge in [-0.3, -0.25) is 9.59 Å². The summed E-state index contributed by atoms with van der Waals surface area (Å²) in [6.07, 6.45) is 2.01. The van der Waals surface area contributed by atoms with Crippen LogP contribution in [0.4, 0.5) is 0 Å². The van der Waals surface area contributed by atoms with E-state index in [1.165, 1.54) is 16.6 Å². The van der Waals surface area contributed by atoms with E-state index in [1.54, 1.807) is 30.3 Å². The molecule has 0 radical (unpaired) electrons. The van der Waals surface area contributed by atoms with Gasteiger partial charge in [-0.15, -0.1) is 23.1 Å². The molecular formula is C17H25N3O2S2. The maximum Gasteiger partial charge on any atom is 0.259 e. The first kappa shape index (κ1) is 19.0. The number of fused-ring (bicyclic) bond motifs is 1. The molecule has 2 aromatic heterocycles. The van der Waals surface area contributed by atoms with Crippen LogP contribution in [0.25, 0.3) is 10.2 Å². The average Bonchev–Trinajstić information content (AvgIpc) is 2.83. The lowest BCUT2D eigenvalue weighted by Gasteiger charge is -2.09. The van der Waals surface area contributed by atoms with Crippen LogP contribution in [0.15, 0.2) is 4.79 Å². The Morgan fingerprint density at radius 1 is 1.42 bits per heavy atom. The highest BCUT2D eigenvalue weighted by atomic mass is 32.2. The molecule has 0 spiro atoms. The Kier molecular flexibility index (Phi) is 6.46. The summed E-state index contributed by atoms with van der Waals surface area (Å²) in [6.45, 7) is 6.44. The first-order valence-corrected chi connectivity index (χ1v) is 10.1. The van der Waals surface area contributed by atoms with Crippen LogP contribution in [-0.4, -0.2) is 40.6 Å². The standard InChI is InChI=1S/C17H25N3O2S2/c1-6-10(2)7-12-11(3)24-17-15(12)16(22)18-13(19-17)8-23-9-14(21)20(4)5/h10H,6-9H2,1-5H3,(H,18,19,22)/t10-/m1/s1. The molecule has 132 valence electrons. The summed E-state index contributed by atoms with van der Waals surface area (Å²) in [5, 5.41) is 0.746. The third-order valence-electron chi connectivity index (χ3n) is 4.12. The molecule has 1 amide bonds. The van der Waals surface area contributed by atoms with Crippen molar-refractivity contribution < 1.29 is 4.79 Å². The second-order valence-electron chi connectivity index (χ2n) is 6.33. The molecule has 0 aromatic carbocycles. The van der Waals surface area contributed by atoms with Gasteiger partial charge in [0, 0.05) is 19.0 Å². The predicted molar refractivity (Wildman–Crippen MR) is 103 cm³/mol. The number of thioether (sulfide) groups is 1. The van der Waals surface area contributed by atoms with E-state index in [2.05, 4.69) is 30.7 Å². The van der Waals surface area contributed by atoms with Gasteiger partial charge >= 0.3 is 0 Å². The molecule has 1 N–H and O–H groups in total. The van der Waals surface area contributed by atoms with Crippen molar-refractivity contribution in [1.29, 1.82) is 0 Å². The number of nitrogens with one attached hydrogen (secondary N) is 1. The van der Waals surface area contributed by atoms with Crippen molar-refractivity contribution in [3.8, 4) is 0 Å². The van der Waals surface area contributed by atoms with Crippen molar-refractivity contribution in [1.82, 2.24) is 14.9 Å². The lowest BCUT2D eigenvalue weighted by Crippen LogP contribution is -2.23. The molecule has 0 saturated heterocycles. The molecule has 0 fully saturated rings. The van der Waals surface area contributed by atoms with Crippen LogP contribution in [0.1, 0.15) is 36.5 Å². The average molecular weight is 368 g/mol. The van der Waals surface area contributed by atoms with Gasteiger partial charge < -0.3 is 9.88 Å². The van der Waals surface area contributed by atoms with Gasteiger partial charge in [0.15, 0.2) is 0 Å². The van der Waals surface area contributed by atoms with Gasteiger partial charge in [-0.05, 0) is 24.8 Å². The number of thiophene rings is 1. The Morgan fingerprint density at radius 3 is 2.75 bits per heavy atom. The largest absolute Gasteiger partial charge is 0.348 e. The van der Waals surface area contributed by atoms with Crippen LogP contribution >= 0.6 is 23.1 Å². The number of rotatable bonds is 7. The van der Waals surface area contributed by atoms with Gasteiger partial charge in [0.1, 0.15) is 10.7 Å². The van der Waals surface area contributed by atoms with Gasteiger partial charge in [-0.2, -0.15) is 0 Å². The molecule has 0 bridgehead atoms. The Bertz CT molecular complexity index is 780. The van der Waals surface area contributed by atoms with Gasteiger partial charge in [0.2, 0.25) is 5.91 Å². The van der Waals surface area contributed by atoms with Crippen LogP contribution in [-0.2, 0) is 17.0 Å². The molecule has 24 heavy (non-hydrogen) atoms. The lowest BCUT2D eigenvalue weighted by atomic mass is 9.98. The minimum absolute atomic E-state index is 0.0582. The molecule has 5 nitrogen and oxygen atoms in total. The Labute approximate surface area is 150 Å². The number of H-pyrrole nitrogens is 1. The minimum atomic E-state index is -0.0582. The minimum Gasteiger partial charge on any atom is -0.348 e. The summed E-state index contributed by atoms with van der Waals surface area (Å²) in [5.41, 5.74) is 1.08. The van der Waals surface area contributed by atoms with Gasteiger partial charge in [-0.25, -0.2) is 4.98 Å². The first-order valence-electron chi connectivity index (χ1n) is 8.12. The second-order valence-corrected chi connectivity index (χ2v) is 8.52. The zero-order valence-corrected chi connectivity index (χ0v) is 16.6. The lowest BCUT2D eigenvalue weighted by molar-refractivity contribution is -0.125. The van der Waals surface area contributed by atoms with Crippen LogP contribution in [0.2, 0.25) is 0 Å². The number of aromatic nitrogens is 2. The van der Waals surface area contributed by atoms with Crippen molar-refractivity contribution in [3.63, 3.8) is 0 Å². The summed E-state index contributed by atoms with van der Waals surface area (Å²) in [7, 11) is 3.48. The van der Waals surface area contributed by atoms with Crippen molar-refractivity contribution in [2.75, 3.05) is 19.8 Å². The van der Waals surface area contributed by atoms with E-state index in [0.717, 1.165) is 28.6 Å². The predicted octanol–water partition coefficient (Wildman–Crippen LogP) is 3.20. The van der Waals surface area contributed by atoms with E-state index in [9.17, 15) is 9.59 Å². The van der Waals surface area contributed by atoms with E-state index in [4.69, 9.17) is 0 Å². The monoisotopic (exact) mass is 367 g/mol. The Morgan fingerprint density at radius 2 is 2.12 bits per heavy atom. The van der Waals surface area contributed by atoms with Crippen molar-refractivity contribution in [2.45, 2.75) is 39.4 Å². The van der Waals surface area contributed by atoms with Gasteiger partial charge in [-0.1, -0.05) is 20.3 Å². The zero-order chi connectivity index (χ0) is 17.9. The number of amides is 1. The molecule has 0 aliphatic carbocycles. The van der Waals surface area contributed by atoms with Crippen LogP contribution < -0.4 is 5.56 Å². The number of carbonyl (C=O) groups is 1.